The van der Waals surface area contributed by atoms with Crippen molar-refractivity contribution in [2.75, 3.05) is 31.9 Å². The van der Waals surface area contributed by atoms with Gasteiger partial charge >= 0.3 is 0 Å². The van der Waals surface area contributed by atoms with Crippen LogP contribution >= 0.6 is 11.3 Å². The minimum Gasteiger partial charge on any atom is -0.491 e. The predicted octanol–water partition coefficient (Wildman–Crippen LogP) is 3.49. The Hall–Kier alpha value is -3.60. The van der Waals surface area contributed by atoms with Crippen LogP contribution in [0.5, 0.6) is 5.75 Å². The number of amides is 1. The molecule has 9 nitrogen and oxygen atoms in total. The third kappa shape index (κ3) is 5.48. The molecule has 0 aliphatic heterocycles. The van der Waals surface area contributed by atoms with Crippen LogP contribution in [0.25, 0.3) is 10.9 Å². The second kappa shape index (κ2) is 11.0. The maximum absolute atomic E-state index is 11.6. The van der Waals surface area contributed by atoms with Gasteiger partial charge in [-0.2, -0.15) is 0 Å². The largest absolute Gasteiger partial charge is 0.491 e. The summed E-state index contributed by atoms with van der Waals surface area (Å²) in [5.74, 6) is 0.723. The Balaban J connectivity index is 1.69. The molecule has 0 aliphatic rings. The Labute approximate surface area is 201 Å². The average molecular weight is 480 g/mol. The molecule has 4 aromatic rings. The fourth-order valence-corrected chi connectivity index (χ4v) is 3.87. The van der Waals surface area contributed by atoms with Gasteiger partial charge in [0.2, 0.25) is 5.91 Å². The fraction of sp³-hybridized carbons (Fsp3) is 0.250. The molecule has 0 atom stereocenters. The Kier molecular flexibility index (Phi) is 7.63. The first-order valence-corrected chi connectivity index (χ1v) is 11.6. The molecule has 10 heteroatoms. The highest BCUT2D eigenvalue weighted by atomic mass is 32.1. The Morgan fingerprint density at radius 3 is 2.76 bits per heavy atom. The molecule has 1 amide bonds. The molecule has 4 rings (SSSR count). The number of aliphatic hydroxyl groups is 1. The smallest absolute Gasteiger partial charge is 0.248 e. The summed E-state index contributed by atoms with van der Waals surface area (Å²) < 4.78 is 6.04. The van der Waals surface area contributed by atoms with E-state index in [9.17, 15) is 4.79 Å². The van der Waals surface area contributed by atoms with Gasteiger partial charge in [-0.1, -0.05) is 18.2 Å². The number of rotatable bonds is 10. The normalized spacial score (nSPS) is 10.9. The third-order valence-corrected chi connectivity index (χ3v) is 5.74. The van der Waals surface area contributed by atoms with Crippen LogP contribution in [0.15, 0.2) is 59.7 Å². The maximum Gasteiger partial charge on any atom is 0.248 e. The van der Waals surface area contributed by atoms with Crippen molar-refractivity contribution in [3.05, 3.63) is 70.9 Å². The molecule has 2 aromatic carbocycles. The molecule has 176 valence electrons. The van der Waals surface area contributed by atoms with E-state index in [4.69, 9.17) is 14.7 Å². The zero-order chi connectivity index (χ0) is 23.9. The number of ether oxygens (including phenoxy) is 1. The number of likely N-dealkylation sites (N-methyl/N-ethyl adjacent to an activating group) is 1. The third-order valence-electron chi connectivity index (χ3n) is 5.10. The summed E-state index contributed by atoms with van der Waals surface area (Å²) in [6, 6.07) is 13.5. The second-order valence-corrected chi connectivity index (χ2v) is 8.27. The van der Waals surface area contributed by atoms with Gasteiger partial charge in [0.15, 0.2) is 5.82 Å². The van der Waals surface area contributed by atoms with Gasteiger partial charge in [-0.15, -0.1) is 11.3 Å². The molecule has 0 radical (unpaired) electrons. The van der Waals surface area contributed by atoms with Crippen molar-refractivity contribution in [2.24, 2.45) is 0 Å². The van der Waals surface area contributed by atoms with E-state index >= 15 is 0 Å². The molecule has 0 fully saturated rings. The van der Waals surface area contributed by atoms with Crippen LogP contribution in [0.4, 0.5) is 11.5 Å². The van der Waals surface area contributed by atoms with Crippen LogP contribution in [0.2, 0.25) is 0 Å². The molecule has 2 aromatic heterocycles. The number of carbonyl (C=O) groups is 1. The fourth-order valence-electron chi connectivity index (χ4n) is 3.33. The van der Waals surface area contributed by atoms with Crippen molar-refractivity contribution in [1.29, 1.82) is 0 Å². The quantitative estimate of drug-likeness (QED) is 0.345. The molecule has 0 aliphatic carbocycles. The maximum atomic E-state index is 11.6. The Morgan fingerprint density at radius 2 is 2.00 bits per heavy atom. The highest BCUT2D eigenvalue weighted by molar-refractivity contribution is 7.07. The van der Waals surface area contributed by atoms with E-state index in [0.717, 1.165) is 16.9 Å². The van der Waals surface area contributed by atoms with E-state index in [1.165, 1.54) is 22.6 Å². The van der Waals surface area contributed by atoms with Gasteiger partial charge in [0, 0.05) is 12.4 Å². The van der Waals surface area contributed by atoms with Crippen molar-refractivity contribution in [2.45, 2.75) is 13.5 Å². The minimum absolute atomic E-state index is 0.236. The summed E-state index contributed by atoms with van der Waals surface area (Å²) in [6.45, 7) is 2.30. The molecule has 0 saturated carbocycles. The zero-order valence-corrected chi connectivity index (χ0v) is 19.7. The zero-order valence-electron chi connectivity index (χ0n) is 18.9. The standard InChI is InChI=1S/C24H25N5O4S/c1-17-5-3-6-19(11-17)29(33-13-18-14-34-16-27-18)24-23-20(25-15-26-24)7-4-8-21(23)32-10-9-28(2)22(31)12-30/h3-8,11,14-16,30H,9-10,12-13H2,1-2H3. The highest BCUT2D eigenvalue weighted by Crippen LogP contribution is 2.36. The number of aliphatic hydroxyl groups excluding tert-OH is 1. The summed E-state index contributed by atoms with van der Waals surface area (Å²) >= 11 is 1.51. The summed E-state index contributed by atoms with van der Waals surface area (Å²) in [6.07, 6.45) is 1.49. The molecule has 1 N–H and O–H groups in total. The topological polar surface area (TPSA) is 101 Å². The predicted molar refractivity (Wildman–Crippen MR) is 130 cm³/mol. The second-order valence-electron chi connectivity index (χ2n) is 7.56. The van der Waals surface area contributed by atoms with Gasteiger partial charge < -0.3 is 14.7 Å². The van der Waals surface area contributed by atoms with E-state index in [0.29, 0.717) is 29.0 Å². The van der Waals surface area contributed by atoms with Crippen LogP contribution in [0.3, 0.4) is 0 Å². The van der Waals surface area contributed by atoms with E-state index in [2.05, 4.69) is 15.0 Å². The molecular weight excluding hydrogens is 454 g/mol. The lowest BCUT2D eigenvalue weighted by Gasteiger charge is -2.25. The van der Waals surface area contributed by atoms with Gasteiger partial charge in [0.05, 0.1) is 34.3 Å². The van der Waals surface area contributed by atoms with E-state index in [1.54, 1.807) is 17.6 Å². The van der Waals surface area contributed by atoms with Gasteiger partial charge in [-0.25, -0.2) is 20.0 Å². The number of hydrogen-bond acceptors (Lipinski definition) is 9. The van der Waals surface area contributed by atoms with Crippen molar-refractivity contribution < 1.29 is 19.5 Å². The number of aromatic nitrogens is 3. The van der Waals surface area contributed by atoms with Crippen LogP contribution in [-0.4, -0.2) is 57.7 Å². The molecular formula is C24H25N5O4S. The number of thiazole rings is 1. The van der Waals surface area contributed by atoms with Gasteiger partial charge in [-0.05, 0) is 36.8 Å². The summed E-state index contributed by atoms with van der Waals surface area (Å²) in [5.41, 5.74) is 5.15. The van der Waals surface area contributed by atoms with Crippen molar-refractivity contribution >= 4 is 39.7 Å². The lowest BCUT2D eigenvalue weighted by atomic mass is 10.2. The first kappa shape index (κ1) is 23.6. The molecule has 2 heterocycles. The van der Waals surface area contributed by atoms with Gasteiger partial charge in [0.25, 0.3) is 0 Å². The summed E-state index contributed by atoms with van der Waals surface area (Å²) in [5, 5.41) is 13.3. The lowest BCUT2D eigenvalue weighted by Crippen LogP contribution is -2.32. The number of carbonyl (C=O) groups excluding carboxylic acids is 1. The number of fused-ring (bicyclic) bond motifs is 1. The number of hydrogen-bond donors (Lipinski definition) is 1. The van der Waals surface area contributed by atoms with Crippen LogP contribution in [0, 0.1) is 6.92 Å². The van der Waals surface area contributed by atoms with E-state index < -0.39 is 6.61 Å². The van der Waals surface area contributed by atoms with Crippen LogP contribution < -0.4 is 9.80 Å². The molecule has 0 bridgehead atoms. The van der Waals surface area contributed by atoms with Crippen LogP contribution in [0.1, 0.15) is 11.3 Å². The molecule has 0 spiro atoms. The minimum atomic E-state index is -0.537. The first-order valence-electron chi connectivity index (χ1n) is 10.6. The monoisotopic (exact) mass is 479 g/mol. The molecule has 0 saturated heterocycles. The molecule has 34 heavy (non-hydrogen) atoms. The van der Waals surface area contributed by atoms with Crippen molar-refractivity contribution in [3.8, 4) is 5.75 Å². The average Bonchev–Trinajstić information content (AvgIpc) is 3.37. The van der Waals surface area contributed by atoms with Crippen molar-refractivity contribution in [1.82, 2.24) is 19.9 Å². The van der Waals surface area contributed by atoms with Gasteiger partial charge in [0.1, 0.15) is 31.9 Å². The SMILES string of the molecule is Cc1cccc(N(OCc2cscn2)c2ncnc3cccc(OCCN(C)C(=O)CO)c23)c1. The number of benzene rings is 2. The number of aryl methyl sites for hydroxylation is 1. The van der Waals surface area contributed by atoms with E-state index in [-0.39, 0.29) is 19.1 Å². The lowest BCUT2D eigenvalue weighted by molar-refractivity contribution is -0.133. The summed E-state index contributed by atoms with van der Waals surface area (Å²) in [4.78, 5) is 32.5. The number of nitrogens with zero attached hydrogens (tertiary/aromatic N) is 5. The summed E-state index contributed by atoms with van der Waals surface area (Å²) in [7, 11) is 1.62. The van der Waals surface area contributed by atoms with E-state index in [1.807, 2.05) is 54.8 Å². The van der Waals surface area contributed by atoms with Crippen molar-refractivity contribution in [3.63, 3.8) is 0 Å². The van der Waals surface area contributed by atoms with Gasteiger partial charge in [-0.3, -0.25) is 9.63 Å². The highest BCUT2D eigenvalue weighted by Gasteiger charge is 2.20. The van der Waals surface area contributed by atoms with Crippen LogP contribution in [-0.2, 0) is 16.2 Å². The number of anilines is 2. The molecule has 0 unspecified atom stereocenters. The Morgan fingerprint density at radius 1 is 1.15 bits per heavy atom. The Bertz CT molecular complexity index is 1250. The first-order chi connectivity index (χ1) is 16.6.